The molecule has 4 rings (SSSR count). The molecular weight excluding hydrogens is 376 g/mol. The maximum Gasteiger partial charge on any atom is 0.263 e. The lowest BCUT2D eigenvalue weighted by molar-refractivity contribution is 0.122. The van der Waals surface area contributed by atoms with Crippen LogP contribution in [0, 0.1) is 0 Å². The molecule has 3 aromatic rings. The molecule has 11 nitrogen and oxygen atoms in total. The number of ether oxygens (including phenoxy) is 2. The first-order valence-electron chi connectivity index (χ1n) is 8.96. The monoisotopic (exact) mass is 396 g/mol. The van der Waals surface area contributed by atoms with Crippen LogP contribution >= 0.6 is 0 Å². The van der Waals surface area contributed by atoms with Crippen molar-refractivity contribution < 1.29 is 9.47 Å². The van der Waals surface area contributed by atoms with Crippen LogP contribution in [0.3, 0.4) is 0 Å². The van der Waals surface area contributed by atoms with Gasteiger partial charge in [-0.15, -0.1) is 0 Å². The van der Waals surface area contributed by atoms with Crippen LogP contribution in [0.4, 0.5) is 23.3 Å². The lowest BCUT2D eigenvalue weighted by atomic mass is 10.3. The maximum absolute atomic E-state index is 12.3. The smallest absolute Gasteiger partial charge is 0.263 e. The molecule has 4 heterocycles. The summed E-state index contributed by atoms with van der Waals surface area (Å²) in [5.74, 6) is 1.98. The van der Waals surface area contributed by atoms with E-state index in [1.54, 1.807) is 19.4 Å². The molecule has 1 aliphatic rings. The summed E-state index contributed by atoms with van der Waals surface area (Å²) in [5, 5.41) is 3.19. The van der Waals surface area contributed by atoms with E-state index in [2.05, 4.69) is 35.1 Å². The van der Waals surface area contributed by atoms with Crippen molar-refractivity contribution in [2.75, 3.05) is 49.4 Å². The zero-order valence-electron chi connectivity index (χ0n) is 15.8. The van der Waals surface area contributed by atoms with E-state index in [0.717, 1.165) is 0 Å². The normalized spacial score (nSPS) is 13.9. The van der Waals surface area contributed by atoms with Crippen LogP contribution < -0.4 is 26.2 Å². The van der Waals surface area contributed by atoms with Crippen LogP contribution in [0.5, 0.6) is 5.88 Å². The Morgan fingerprint density at radius 2 is 2.03 bits per heavy atom. The molecule has 0 amide bonds. The summed E-state index contributed by atoms with van der Waals surface area (Å²) in [5.41, 5.74) is 6.08. The number of rotatable bonds is 5. The molecule has 3 aromatic heterocycles. The molecule has 0 radical (unpaired) electrons. The van der Waals surface area contributed by atoms with Gasteiger partial charge < -0.3 is 25.4 Å². The van der Waals surface area contributed by atoms with Crippen molar-refractivity contribution in [1.29, 1.82) is 0 Å². The first kappa shape index (κ1) is 18.6. The van der Waals surface area contributed by atoms with Gasteiger partial charge in [0.1, 0.15) is 17.2 Å². The third-order valence-electron chi connectivity index (χ3n) is 4.33. The summed E-state index contributed by atoms with van der Waals surface area (Å²) in [4.78, 5) is 34.1. The van der Waals surface area contributed by atoms with E-state index in [1.807, 2.05) is 12.1 Å². The summed E-state index contributed by atoms with van der Waals surface area (Å²) in [6.45, 7) is 2.59. The van der Waals surface area contributed by atoms with Gasteiger partial charge in [0, 0.05) is 31.4 Å². The molecule has 1 saturated heterocycles. The molecule has 150 valence electrons. The second-order valence-corrected chi connectivity index (χ2v) is 6.26. The van der Waals surface area contributed by atoms with E-state index in [9.17, 15) is 4.79 Å². The van der Waals surface area contributed by atoms with Gasteiger partial charge in [0.05, 0.1) is 32.2 Å². The SMILES string of the molecule is COc1ccc(Nc2cc(N3CCOCC3)nc(-c3cnc(N)[nH]c3=O)n2)cn1. The second-order valence-electron chi connectivity index (χ2n) is 6.26. The average molecular weight is 396 g/mol. The molecular formula is C18H20N8O3. The summed E-state index contributed by atoms with van der Waals surface area (Å²) in [6.07, 6.45) is 3.00. The fourth-order valence-electron chi connectivity index (χ4n) is 2.86. The molecule has 29 heavy (non-hydrogen) atoms. The molecule has 11 heteroatoms. The van der Waals surface area contributed by atoms with Crippen molar-refractivity contribution in [2.24, 2.45) is 0 Å². The Balaban J connectivity index is 1.73. The molecule has 1 fully saturated rings. The predicted octanol–water partition coefficient (Wildman–Crippen LogP) is 0.793. The van der Waals surface area contributed by atoms with Gasteiger partial charge in [0.25, 0.3) is 5.56 Å². The summed E-state index contributed by atoms with van der Waals surface area (Å²) >= 11 is 0. The highest BCUT2D eigenvalue weighted by Gasteiger charge is 2.17. The number of nitrogen functional groups attached to an aromatic ring is 1. The largest absolute Gasteiger partial charge is 0.481 e. The van der Waals surface area contributed by atoms with Crippen LogP contribution in [0.1, 0.15) is 0 Å². The minimum Gasteiger partial charge on any atom is -0.481 e. The fourth-order valence-corrected chi connectivity index (χ4v) is 2.86. The van der Waals surface area contributed by atoms with Crippen molar-refractivity contribution in [3.63, 3.8) is 0 Å². The Morgan fingerprint density at radius 3 is 2.72 bits per heavy atom. The number of nitrogens with two attached hydrogens (primary N) is 1. The number of aromatic nitrogens is 5. The molecule has 0 saturated carbocycles. The molecule has 4 N–H and O–H groups in total. The van der Waals surface area contributed by atoms with Crippen LogP contribution in [0.25, 0.3) is 11.4 Å². The number of pyridine rings is 1. The Labute approximate surface area is 166 Å². The standard InChI is InChI=1S/C18H20N8O3/c1-28-15-3-2-11(9-20-15)22-13-8-14(26-4-6-29-7-5-26)24-16(23-13)12-10-21-18(19)25-17(12)27/h2-3,8-10H,4-7H2,1H3,(H,22,23,24)(H3,19,21,25,27). The van der Waals surface area contributed by atoms with Gasteiger partial charge in [-0.1, -0.05) is 0 Å². The first-order chi connectivity index (χ1) is 14.1. The number of aromatic amines is 1. The van der Waals surface area contributed by atoms with Crippen molar-refractivity contribution in [1.82, 2.24) is 24.9 Å². The number of hydrogen-bond acceptors (Lipinski definition) is 10. The Bertz CT molecular complexity index is 1050. The number of anilines is 4. The average Bonchev–Trinajstić information content (AvgIpc) is 2.75. The van der Waals surface area contributed by atoms with Gasteiger partial charge >= 0.3 is 0 Å². The van der Waals surface area contributed by atoms with E-state index in [4.69, 9.17) is 15.2 Å². The lowest BCUT2D eigenvalue weighted by Gasteiger charge is -2.28. The Morgan fingerprint density at radius 1 is 1.21 bits per heavy atom. The quantitative estimate of drug-likeness (QED) is 0.566. The number of methoxy groups -OCH3 is 1. The highest BCUT2D eigenvalue weighted by Crippen LogP contribution is 2.24. The molecule has 0 atom stereocenters. The molecule has 0 bridgehead atoms. The van der Waals surface area contributed by atoms with E-state index < -0.39 is 5.56 Å². The van der Waals surface area contributed by atoms with E-state index in [0.29, 0.717) is 49.5 Å². The van der Waals surface area contributed by atoms with Crippen molar-refractivity contribution in [2.45, 2.75) is 0 Å². The summed E-state index contributed by atoms with van der Waals surface area (Å²) < 4.78 is 10.5. The van der Waals surface area contributed by atoms with Crippen LogP contribution in [0.15, 0.2) is 35.4 Å². The lowest BCUT2D eigenvalue weighted by Crippen LogP contribution is -2.37. The topological polar surface area (TPSA) is 144 Å². The molecule has 0 aromatic carbocycles. The van der Waals surface area contributed by atoms with E-state index in [-0.39, 0.29) is 17.3 Å². The van der Waals surface area contributed by atoms with Gasteiger partial charge in [0.2, 0.25) is 5.88 Å². The van der Waals surface area contributed by atoms with Crippen LogP contribution in [-0.4, -0.2) is 58.3 Å². The van der Waals surface area contributed by atoms with Gasteiger partial charge in [-0.2, -0.15) is 0 Å². The fraction of sp³-hybridized carbons (Fsp3) is 0.278. The van der Waals surface area contributed by atoms with Gasteiger partial charge in [-0.3, -0.25) is 9.78 Å². The predicted molar refractivity (Wildman–Crippen MR) is 107 cm³/mol. The second kappa shape index (κ2) is 8.10. The van der Waals surface area contributed by atoms with Gasteiger partial charge in [-0.25, -0.2) is 19.9 Å². The first-order valence-corrected chi connectivity index (χ1v) is 8.96. The number of hydrogen-bond donors (Lipinski definition) is 3. The van der Waals surface area contributed by atoms with Crippen molar-refractivity contribution in [3.8, 4) is 17.3 Å². The third kappa shape index (κ3) is 4.24. The number of morpholine rings is 1. The summed E-state index contributed by atoms with van der Waals surface area (Å²) in [6, 6.07) is 5.37. The molecule has 0 spiro atoms. The Kier molecular flexibility index (Phi) is 5.20. The zero-order valence-corrected chi connectivity index (χ0v) is 15.8. The number of H-pyrrole nitrogens is 1. The number of nitrogens with zero attached hydrogens (tertiary/aromatic N) is 5. The molecule has 1 aliphatic heterocycles. The molecule has 0 unspecified atom stereocenters. The zero-order chi connectivity index (χ0) is 20.2. The minimum atomic E-state index is -0.409. The Hall–Kier alpha value is -3.73. The molecule has 0 aliphatic carbocycles. The van der Waals surface area contributed by atoms with Crippen LogP contribution in [0.2, 0.25) is 0 Å². The van der Waals surface area contributed by atoms with E-state index >= 15 is 0 Å². The van der Waals surface area contributed by atoms with Crippen molar-refractivity contribution >= 4 is 23.3 Å². The maximum atomic E-state index is 12.3. The van der Waals surface area contributed by atoms with Gasteiger partial charge in [0.15, 0.2) is 11.8 Å². The highest BCUT2D eigenvalue weighted by molar-refractivity contribution is 5.65. The van der Waals surface area contributed by atoms with Crippen molar-refractivity contribution in [3.05, 3.63) is 40.9 Å². The van der Waals surface area contributed by atoms with Crippen LogP contribution in [-0.2, 0) is 4.74 Å². The third-order valence-corrected chi connectivity index (χ3v) is 4.33. The summed E-state index contributed by atoms with van der Waals surface area (Å²) in [7, 11) is 1.55. The highest BCUT2D eigenvalue weighted by atomic mass is 16.5. The number of nitrogens with one attached hydrogen (secondary N) is 2. The van der Waals surface area contributed by atoms with Gasteiger partial charge in [-0.05, 0) is 6.07 Å². The van der Waals surface area contributed by atoms with E-state index in [1.165, 1.54) is 6.20 Å². The minimum absolute atomic E-state index is 0.0331.